The van der Waals surface area contributed by atoms with Crippen LogP contribution in [0.2, 0.25) is 0 Å². The van der Waals surface area contributed by atoms with Crippen LogP contribution in [0.5, 0.6) is 11.5 Å². The van der Waals surface area contributed by atoms with Crippen molar-refractivity contribution in [2.24, 2.45) is 5.92 Å². The quantitative estimate of drug-likeness (QED) is 0.366. The number of rotatable bonds is 5. The average Bonchev–Trinajstić information content (AvgIpc) is 2.55. The fraction of sp³-hybridized carbons (Fsp3) is 0.176. The second-order valence-corrected chi connectivity index (χ2v) is 4.55. The van der Waals surface area contributed by atoms with Crippen molar-refractivity contribution in [3.63, 3.8) is 0 Å². The standard InChI is InChI=1S/C17H16O4/c1-12(16(18)13-6-4-3-5-7-13)17(19)21-15-10-8-14(20-2)9-11-15/h3-12H,1-2H3. The number of ether oxygens (including phenoxy) is 2. The third-order valence-electron chi connectivity index (χ3n) is 3.08. The summed E-state index contributed by atoms with van der Waals surface area (Å²) in [6.45, 7) is 1.54. The minimum absolute atomic E-state index is 0.255. The molecule has 4 heteroatoms. The number of ketones is 1. The highest BCUT2D eigenvalue weighted by atomic mass is 16.5. The zero-order valence-corrected chi connectivity index (χ0v) is 11.9. The van der Waals surface area contributed by atoms with Gasteiger partial charge in [0.1, 0.15) is 17.4 Å². The number of Topliss-reactive ketones (excluding diaryl/α,β-unsaturated/α-hetero) is 1. The Morgan fingerprint density at radius 2 is 1.48 bits per heavy atom. The molecule has 2 rings (SSSR count). The summed E-state index contributed by atoms with van der Waals surface area (Å²) in [5, 5.41) is 0. The molecule has 1 unspecified atom stereocenters. The predicted molar refractivity (Wildman–Crippen MR) is 78.6 cm³/mol. The summed E-state index contributed by atoms with van der Waals surface area (Å²) in [4.78, 5) is 24.2. The highest BCUT2D eigenvalue weighted by molar-refractivity contribution is 6.08. The lowest BCUT2D eigenvalue weighted by Crippen LogP contribution is -2.25. The number of carbonyl (C=O) groups is 2. The summed E-state index contributed by atoms with van der Waals surface area (Å²) in [5.74, 6) is -0.630. The van der Waals surface area contributed by atoms with Gasteiger partial charge in [-0.2, -0.15) is 0 Å². The van der Waals surface area contributed by atoms with Crippen molar-refractivity contribution in [2.45, 2.75) is 6.92 Å². The number of hydrogen-bond acceptors (Lipinski definition) is 4. The van der Waals surface area contributed by atoms with Crippen LogP contribution in [0.4, 0.5) is 0 Å². The fourth-order valence-corrected chi connectivity index (χ4v) is 1.81. The van der Waals surface area contributed by atoms with Gasteiger partial charge in [-0.3, -0.25) is 9.59 Å². The molecule has 0 N–H and O–H groups in total. The molecule has 0 heterocycles. The molecule has 4 nitrogen and oxygen atoms in total. The smallest absolute Gasteiger partial charge is 0.321 e. The topological polar surface area (TPSA) is 52.6 Å². The first-order valence-electron chi connectivity index (χ1n) is 6.57. The largest absolute Gasteiger partial charge is 0.497 e. The number of carbonyl (C=O) groups excluding carboxylic acids is 2. The van der Waals surface area contributed by atoms with Crippen molar-refractivity contribution in [1.29, 1.82) is 0 Å². The van der Waals surface area contributed by atoms with E-state index in [4.69, 9.17) is 9.47 Å². The minimum atomic E-state index is -0.852. The van der Waals surface area contributed by atoms with Crippen LogP contribution in [0.15, 0.2) is 54.6 Å². The van der Waals surface area contributed by atoms with Crippen molar-refractivity contribution in [3.05, 3.63) is 60.2 Å². The minimum Gasteiger partial charge on any atom is -0.497 e. The van der Waals surface area contributed by atoms with Crippen LogP contribution in [0.25, 0.3) is 0 Å². The molecule has 21 heavy (non-hydrogen) atoms. The number of methoxy groups -OCH3 is 1. The molecular weight excluding hydrogens is 268 g/mol. The second-order valence-electron chi connectivity index (χ2n) is 4.55. The van der Waals surface area contributed by atoms with E-state index in [0.717, 1.165) is 0 Å². The van der Waals surface area contributed by atoms with Crippen LogP contribution >= 0.6 is 0 Å². The second kappa shape index (κ2) is 6.70. The normalized spacial score (nSPS) is 11.5. The summed E-state index contributed by atoms with van der Waals surface area (Å²) in [5.41, 5.74) is 0.497. The summed E-state index contributed by atoms with van der Waals surface area (Å²) < 4.78 is 10.2. The van der Waals surface area contributed by atoms with Gasteiger partial charge in [-0.05, 0) is 31.2 Å². The predicted octanol–water partition coefficient (Wildman–Crippen LogP) is 3.12. The Hall–Kier alpha value is -2.62. The molecule has 0 saturated heterocycles. The SMILES string of the molecule is COc1ccc(OC(=O)C(C)C(=O)c2ccccc2)cc1. The molecule has 0 aliphatic rings. The lowest BCUT2D eigenvalue weighted by atomic mass is 10.00. The molecule has 2 aromatic carbocycles. The number of benzene rings is 2. The van der Waals surface area contributed by atoms with Gasteiger partial charge in [0.25, 0.3) is 0 Å². The van der Waals surface area contributed by atoms with Gasteiger partial charge in [-0.15, -0.1) is 0 Å². The van der Waals surface area contributed by atoms with Gasteiger partial charge in [0, 0.05) is 5.56 Å². The van der Waals surface area contributed by atoms with Gasteiger partial charge < -0.3 is 9.47 Å². The molecule has 0 amide bonds. The van der Waals surface area contributed by atoms with Crippen molar-refractivity contribution >= 4 is 11.8 Å². The molecule has 0 bridgehead atoms. The molecule has 0 radical (unpaired) electrons. The van der Waals surface area contributed by atoms with E-state index in [1.54, 1.807) is 62.6 Å². The Kier molecular flexibility index (Phi) is 4.72. The van der Waals surface area contributed by atoms with Crippen LogP contribution in [-0.2, 0) is 4.79 Å². The molecule has 0 aliphatic heterocycles. The Balaban J connectivity index is 2.03. The summed E-state index contributed by atoms with van der Waals surface area (Å²) >= 11 is 0. The molecule has 0 spiro atoms. The van der Waals surface area contributed by atoms with E-state index in [0.29, 0.717) is 17.1 Å². The van der Waals surface area contributed by atoms with E-state index < -0.39 is 11.9 Å². The van der Waals surface area contributed by atoms with Crippen LogP contribution in [-0.4, -0.2) is 18.9 Å². The van der Waals surface area contributed by atoms with Crippen LogP contribution in [0, 0.1) is 5.92 Å². The van der Waals surface area contributed by atoms with E-state index in [2.05, 4.69) is 0 Å². The third-order valence-corrected chi connectivity index (χ3v) is 3.08. The summed E-state index contributed by atoms with van der Waals surface area (Å²) in [7, 11) is 1.56. The monoisotopic (exact) mass is 284 g/mol. The Morgan fingerprint density at radius 1 is 0.905 bits per heavy atom. The van der Waals surface area contributed by atoms with Crippen LogP contribution < -0.4 is 9.47 Å². The van der Waals surface area contributed by atoms with Crippen LogP contribution in [0.1, 0.15) is 17.3 Å². The van der Waals surface area contributed by atoms with Crippen molar-refractivity contribution in [2.75, 3.05) is 7.11 Å². The third kappa shape index (κ3) is 3.69. The molecule has 108 valence electrons. The molecule has 1 atom stereocenters. The Bertz CT molecular complexity index is 617. The van der Waals surface area contributed by atoms with Crippen LogP contribution in [0.3, 0.4) is 0 Å². The highest BCUT2D eigenvalue weighted by Gasteiger charge is 2.24. The maximum absolute atomic E-state index is 12.2. The van der Waals surface area contributed by atoms with Crippen molar-refractivity contribution in [1.82, 2.24) is 0 Å². The molecule has 0 saturated carbocycles. The first-order chi connectivity index (χ1) is 10.1. The highest BCUT2D eigenvalue weighted by Crippen LogP contribution is 2.19. The van der Waals surface area contributed by atoms with Gasteiger partial charge in [0.05, 0.1) is 7.11 Å². The Morgan fingerprint density at radius 3 is 2.05 bits per heavy atom. The maximum atomic E-state index is 12.2. The summed E-state index contributed by atoms with van der Waals surface area (Å²) in [6.07, 6.45) is 0. The average molecular weight is 284 g/mol. The van der Waals surface area contributed by atoms with E-state index >= 15 is 0 Å². The number of hydrogen-bond donors (Lipinski definition) is 0. The van der Waals surface area contributed by atoms with Crippen molar-refractivity contribution in [3.8, 4) is 11.5 Å². The lowest BCUT2D eigenvalue weighted by molar-refractivity contribution is -0.136. The molecule has 0 aliphatic carbocycles. The molecule has 2 aromatic rings. The summed E-state index contributed by atoms with van der Waals surface area (Å²) in [6, 6.07) is 15.3. The Labute approximate surface area is 123 Å². The van der Waals surface area contributed by atoms with E-state index in [-0.39, 0.29) is 5.78 Å². The van der Waals surface area contributed by atoms with Gasteiger partial charge in [-0.1, -0.05) is 30.3 Å². The molecule has 0 fully saturated rings. The van der Waals surface area contributed by atoms with Gasteiger partial charge in [0.2, 0.25) is 0 Å². The van der Waals surface area contributed by atoms with Gasteiger partial charge in [0.15, 0.2) is 5.78 Å². The first kappa shape index (κ1) is 14.8. The fourth-order valence-electron chi connectivity index (χ4n) is 1.81. The first-order valence-corrected chi connectivity index (χ1v) is 6.57. The zero-order chi connectivity index (χ0) is 15.2. The van der Waals surface area contributed by atoms with E-state index in [9.17, 15) is 9.59 Å². The van der Waals surface area contributed by atoms with E-state index in [1.807, 2.05) is 6.07 Å². The maximum Gasteiger partial charge on any atom is 0.321 e. The van der Waals surface area contributed by atoms with E-state index in [1.165, 1.54) is 0 Å². The zero-order valence-electron chi connectivity index (χ0n) is 11.9. The van der Waals surface area contributed by atoms with Gasteiger partial charge in [-0.25, -0.2) is 0 Å². The van der Waals surface area contributed by atoms with Gasteiger partial charge >= 0.3 is 5.97 Å². The van der Waals surface area contributed by atoms with Crippen molar-refractivity contribution < 1.29 is 19.1 Å². The number of esters is 1. The molecule has 0 aromatic heterocycles. The molecular formula is C17H16O4. The lowest BCUT2D eigenvalue weighted by Gasteiger charge is -2.10.